The van der Waals surface area contributed by atoms with Crippen LogP contribution in [-0.2, 0) is 11.0 Å². The second kappa shape index (κ2) is 7.32. The number of nitrogens with zero attached hydrogens (tertiary/aromatic N) is 3. The average Bonchev–Trinajstić information content (AvgIpc) is 3.23. The van der Waals surface area contributed by atoms with Crippen molar-refractivity contribution in [2.45, 2.75) is 32.5 Å². The first-order valence-corrected chi connectivity index (χ1v) is 8.96. The van der Waals surface area contributed by atoms with Gasteiger partial charge in [0.1, 0.15) is 11.4 Å². The summed E-state index contributed by atoms with van der Waals surface area (Å²) in [4.78, 5) is 37.2. The number of carbonyl (C=O) groups is 3. The van der Waals surface area contributed by atoms with Crippen LogP contribution in [0.3, 0.4) is 0 Å². The number of imide groups is 1. The molecule has 1 unspecified atom stereocenters. The van der Waals surface area contributed by atoms with Crippen LogP contribution in [0.4, 0.5) is 22.4 Å². The quantitative estimate of drug-likeness (QED) is 0.493. The van der Waals surface area contributed by atoms with E-state index in [4.69, 9.17) is 0 Å². The number of urea groups is 1. The van der Waals surface area contributed by atoms with E-state index in [1.807, 2.05) is 0 Å². The van der Waals surface area contributed by atoms with E-state index in [0.717, 1.165) is 17.1 Å². The topological polar surface area (TPSA) is 118 Å². The Morgan fingerprint density at radius 3 is 2.42 bits per heavy atom. The predicted molar refractivity (Wildman–Crippen MR) is 97.5 cm³/mol. The first kappa shape index (κ1) is 22.2. The molecule has 1 aliphatic rings. The van der Waals surface area contributed by atoms with Crippen molar-refractivity contribution < 1.29 is 31.9 Å². The number of hydrogen-bond donors (Lipinski definition) is 3. The van der Waals surface area contributed by atoms with E-state index in [1.54, 1.807) is 20.8 Å². The summed E-state index contributed by atoms with van der Waals surface area (Å²) in [7, 11) is 0. The van der Waals surface area contributed by atoms with Crippen LogP contribution in [0.2, 0.25) is 0 Å². The summed E-state index contributed by atoms with van der Waals surface area (Å²) >= 11 is 0. The number of rotatable bonds is 4. The van der Waals surface area contributed by atoms with Gasteiger partial charge >= 0.3 is 12.2 Å². The van der Waals surface area contributed by atoms with Gasteiger partial charge in [-0.05, 0) is 17.5 Å². The molecular weight excluding hydrogens is 424 g/mol. The van der Waals surface area contributed by atoms with Crippen molar-refractivity contribution in [3.63, 3.8) is 0 Å². The molecule has 13 heteroatoms. The van der Waals surface area contributed by atoms with Gasteiger partial charge in [0.2, 0.25) is 0 Å². The summed E-state index contributed by atoms with van der Waals surface area (Å²) in [6.45, 7) is 4.87. The molecule has 0 radical (unpaired) electrons. The van der Waals surface area contributed by atoms with Gasteiger partial charge in [0.25, 0.3) is 11.8 Å². The van der Waals surface area contributed by atoms with Crippen LogP contribution in [0.15, 0.2) is 24.4 Å². The molecule has 1 aromatic carbocycles. The molecule has 3 rings (SSSR count). The maximum atomic E-state index is 13.8. The zero-order chi connectivity index (χ0) is 23.2. The Hall–Kier alpha value is -3.51. The molecule has 1 saturated heterocycles. The van der Waals surface area contributed by atoms with E-state index >= 15 is 0 Å². The number of hydrogen-bond acceptors (Lipinski definition) is 5. The highest BCUT2D eigenvalue weighted by molar-refractivity contribution is 6.08. The van der Waals surface area contributed by atoms with Crippen LogP contribution >= 0.6 is 0 Å². The van der Waals surface area contributed by atoms with Gasteiger partial charge in [0.05, 0.1) is 24.0 Å². The number of aromatic nitrogens is 3. The molecule has 0 bridgehead atoms. The van der Waals surface area contributed by atoms with Crippen molar-refractivity contribution in [1.29, 1.82) is 0 Å². The average molecular weight is 442 g/mol. The van der Waals surface area contributed by atoms with E-state index in [1.165, 1.54) is 0 Å². The van der Waals surface area contributed by atoms with E-state index in [9.17, 15) is 31.9 Å². The molecule has 9 nitrogen and oxygen atoms in total. The Morgan fingerprint density at radius 1 is 1.23 bits per heavy atom. The molecule has 1 fully saturated rings. The molecular formula is C18H18F4N6O3. The minimum Gasteiger partial charge on any atom is -0.348 e. The van der Waals surface area contributed by atoms with Gasteiger partial charge in [-0.1, -0.05) is 20.8 Å². The number of benzene rings is 1. The van der Waals surface area contributed by atoms with Crippen LogP contribution in [-0.4, -0.2) is 44.9 Å². The number of carbonyl (C=O) groups excluding carboxylic acids is 3. The molecule has 1 aromatic heterocycles. The van der Waals surface area contributed by atoms with Gasteiger partial charge in [-0.25, -0.2) is 9.18 Å². The maximum Gasteiger partial charge on any atom is 0.419 e. The van der Waals surface area contributed by atoms with Crippen LogP contribution in [0.25, 0.3) is 5.69 Å². The SMILES string of the molecule is CC(C)(C)C1(CNC(=O)c2cnn(-c3ccc(C(F)(F)F)c(F)c3)n2)NC(=O)NC1=O. The van der Waals surface area contributed by atoms with Crippen molar-refractivity contribution >= 4 is 17.8 Å². The summed E-state index contributed by atoms with van der Waals surface area (Å²) in [5.74, 6) is -2.87. The molecule has 31 heavy (non-hydrogen) atoms. The molecule has 4 amide bonds. The van der Waals surface area contributed by atoms with Crippen LogP contribution in [0.1, 0.15) is 36.8 Å². The second-order valence-electron chi connectivity index (χ2n) is 7.93. The third-order valence-electron chi connectivity index (χ3n) is 4.95. The third kappa shape index (κ3) is 4.07. The van der Waals surface area contributed by atoms with Crippen molar-refractivity contribution in [2.24, 2.45) is 5.41 Å². The largest absolute Gasteiger partial charge is 0.419 e. The highest BCUT2D eigenvalue weighted by Crippen LogP contribution is 2.33. The molecule has 2 heterocycles. The van der Waals surface area contributed by atoms with Crippen LogP contribution in [0.5, 0.6) is 0 Å². The highest BCUT2D eigenvalue weighted by Gasteiger charge is 2.54. The fourth-order valence-electron chi connectivity index (χ4n) is 3.06. The monoisotopic (exact) mass is 442 g/mol. The summed E-state index contributed by atoms with van der Waals surface area (Å²) in [6, 6.07) is 1.41. The smallest absolute Gasteiger partial charge is 0.348 e. The second-order valence-corrected chi connectivity index (χ2v) is 7.93. The van der Waals surface area contributed by atoms with Crippen LogP contribution < -0.4 is 16.0 Å². The molecule has 3 N–H and O–H groups in total. The molecule has 0 spiro atoms. The van der Waals surface area contributed by atoms with Crippen molar-refractivity contribution in [3.05, 3.63) is 41.5 Å². The van der Waals surface area contributed by atoms with Gasteiger partial charge in [0.15, 0.2) is 5.69 Å². The summed E-state index contributed by atoms with van der Waals surface area (Å²) in [5.41, 5.74) is -3.96. The van der Waals surface area contributed by atoms with E-state index in [2.05, 4.69) is 26.1 Å². The Morgan fingerprint density at radius 2 is 1.90 bits per heavy atom. The van der Waals surface area contributed by atoms with Crippen LogP contribution in [0, 0.1) is 11.2 Å². The first-order valence-electron chi connectivity index (χ1n) is 8.96. The molecule has 0 aliphatic carbocycles. The van der Waals surface area contributed by atoms with Crippen molar-refractivity contribution in [2.75, 3.05) is 6.54 Å². The van der Waals surface area contributed by atoms with E-state index < -0.39 is 46.4 Å². The zero-order valence-corrected chi connectivity index (χ0v) is 16.6. The summed E-state index contributed by atoms with van der Waals surface area (Å²) < 4.78 is 51.8. The summed E-state index contributed by atoms with van der Waals surface area (Å²) in [6.07, 6.45) is -3.82. The molecule has 166 valence electrons. The minimum atomic E-state index is -4.85. The Bertz CT molecular complexity index is 1060. The van der Waals surface area contributed by atoms with Gasteiger partial charge in [-0.2, -0.15) is 23.1 Å². The van der Waals surface area contributed by atoms with E-state index in [-0.39, 0.29) is 17.9 Å². The molecule has 1 atom stereocenters. The number of amides is 4. The number of nitrogens with one attached hydrogen (secondary N) is 3. The molecule has 1 aliphatic heterocycles. The number of halogens is 4. The zero-order valence-electron chi connectivity index (χ0n) is 16.6. The van der Waals surface area contributed by atoms with E-state index in [0.29, 0.717) is 12.1 Å². The maximum absolute atomic E-state index is 13.8. The molecule has 2 aromatic rings. The van der Waals surface area contributed by atoms with Crippen molar-refractivity contribution in [3.8, 4) is 5.69 Å². The lowest BCUT2D eigenvalue weighted by Gasteiger charge is -2.38. The van der Waals surface area contributed by atoms with Gasteiger partial charge in [-0.3, -0.25) is 14.9 Å². The number of alkyl halides is 3. The Kier molecular flexibility index (Phi) is 5.24. The highest BCUT2D eigenvalue weighted by atomic mass is 19.4. The lowest BCUT2D eigenvalue weighted by Crippen LogP contribution is -2.63. The molecule has 0 saturated carbocycles. The first-order chi connectivity index (χ1) is 14.2. The standard InChI is InChI=1S/C18H18F4N6O3/c1-16(2,3)17(14(30)25-15(31)26-17)8-23-13(29)12-7-24-28(27-12)9-4-5-10(11(19)6-9)18(20,21)22/h4-7H,8H2,1-3H3,(H,23,29)(H2,25,26,30,31). The van der Waals surface area contributed by atoms with Gasteiger partial charge in [-0.15, -0.1) is 5.10 Å². The third-order valence-corrected chi connectivity index (χ3v) is 4.95. The van der Waals surface area contributed by atoms with Crippen molar-refractivity contribution in [1.82, 2.24) is 30.9 Å². The van der Waals surface area contributed by atoms with Gasteiger partial charge < -0.3 is 10.6 Å². The normalized spacial score (nSPS) is 19.2. The fourth-order valence-corrected chi connectivity index (χ4v) is 3.06. The van der Waals surface area contributed by atoms with Gasteiger partial charge in [0, 0.05) is 6.07 Å². The lowest BCUT2D eigenvalue weighted by atomic mass is 9.73. The predicted octanol–water partition coefficient (Wildman–Crippen LogP) is 1.78. The Balaban J connectivity index is 1.77. The fraction of sp³-hybridized carbons (Fsp3) is 0.389. The lowest BCUT2D eigenvalue weighted by molar-refractivity contribution is -0.140. The summed E-state index contributed by atoms with van der Waals surface area (Å²) in [5, 5.41) is 14.8. The minimum absolute atomic E-state index is 0.127. The Labute approximate surface area is 173 Å².